The second-order valence-electron chi connectivity index (χ2n) is 8.33. The van der Waals surface area contributed by atoms with E-state index < -0.39 is 0 Å². The van der Waals surface area contributed by atoms with Gasteiger partial charge in [0.2, 0.25) is 0 Å². The monoisotopic (exact) mass is 438 g/mol. The summed E-state index contributed by atoms with van der Waals surface area (Å²) < 4.78 is 0. The number of carbonyl (C=O) groups is 1. The zero-order chi connectivity index (χ0) is 24.0. The Morgan fingerprint density at radius 2 is 1.84 bits per heavy atom. The normalized spacial score (nSPS) is 14.7. The molecule has 1 atom stereocenters. The minimum atomic E-state index is -0.00609. The molecule has 0 aromatic heterocycles. The number of fused-ring (bicyclic) bond motifs is 1. The van der Waals surface area contributed by atoms with E-state index in [2.05, 4.69) is 52.1 Å². The molecule has 31 heavy (non-hydrogen) atoms. The fourth-order valence-electron chi connectivity index (χ4n) is 3.26. The van der Waals surface area contributed by atoms with E-state index >= 15 is 0 Å². The van der Waals surface area contributed by atoms with Crippen LogP contribution in [0.15, 0.2) is 66.3 Å². The Hall–Kier alpha value is -2.06. The Kier molecular flexibility index (Phi) is 14.7. The number of Topliss-reactive ketones (excluding diaryl/α,β-unsaturated/α-hetero) is 1. The van der Waals surface area contributed by atoms with Crippen LogP contribution in [0.2, 0.25) is 0 Å². The predicted octanol–water partition coefficient (Wildman–Crippen LogP) is 8.82. The molecule has 0 saturated heterocycles. The van der Waals surface area contributed by atoms with E-state index in [9.17, 15) is 4.79 Å². The van der Waals surface area contributed by atoms with Gasteiger partial charge in [0.15, 0.2) is 5.78 Å². The van der Waals surface area contributed by atoms with Gasteiger partial charge in [-0.3, -0.25) is 4.79 Å². The van der Waals surface area contributed by atoms with Crippen molar-refractivity contribution in [1.29, 1.82) is 0 Å². The molecule has 1 nitrogen and oxygen atoms in total. The summed E-state index contributed by atoms with van der Waals surface area (Å²) in [5, 5.41) is 0. The molecular weight excluding hydrogens is 396 g/mol. The number of hydrogen-bond donors (Lipinski definition) is 0. The van der Waals surface area contributed by atoms with E-state index in [0.717, 1.165) is 28.3 Å². The molecule has 0 spiro atoms. The molecule has 0 saturated carbocycles. The van der Waals surface area contributed by atoms with Crippen molar-refractivity contribution < 1.29 is 4.79 Å². The lowest BCUT2D eigenvalue weighted by Crippen LogP contribution is -1.90. The quantitative estimate of drug-likeness (QED) is 0.240. The minimum absolute atomic E-state index is 0.00609. The van der Waals surface area contributed by atoms with Crippen LogP contribution < -0.4 is 0 Å². The van der Waals surface area contributed by atoms with Gasteiger partial charge >= 0.3 is 0 Å². The number of unbranched alkanes of at least 4 members (excludes halogenated alkanes) is 1. The summed E-state index contributed by atoms with van der Waals surface area (Å²) in [4.78, 5) is 12.0. The second-order valence-corrected chi connectivity index (χ2v) is 9.02. The zero-order valence-corrected chi connectivity index (χ0v) is 21.6. The Balaban J connectivity index is 0.000000455. The average molecular weight is 439 g/mol. The van der Waals surface area contributed by atoms with Crippen LogP contribution in [0.5, 0.6) is 0 Å². The first-order valence-electron chi connectivity index (χ1n) is 11.3. The highest BCUT2D eigenvalue weighted by Crippen LogP contribution is 2.33. The minimum Gasteiger partial charge on any atom is -0.295 e. The summed E-state index contributed by atoms with van der Waals surface area (Å²) in [5.41, 5.74) is 7.20. The highest BCUT2D eigenvalue weighted by atomic mass is 32.1. The van der Waals surface area contributed by atoms with Gasteiger partial charge < -0.3 is 0 Å². The summed E-state index contributed by atoms with van der Waals surface area (Å²) in [5.74, 6) is 0.790. The highest BCUT2D eigenvalue weighted by Gasteiger charge is 2.18. The highest BCUT2D eigenvalue weighted by molar-refractivity contribution is 7.80. The van der Waals surface area contributed by atoms with Gasteiger partial charge in [-0.15, -0.1) is 0 Å². The molecule has 2 heteroatoms. The van der Waals surface area contributed by atoms with E-state index in [-0.39, 0.29) is 5.78 Å². The lowest BCUT2D eigenvalue weighted by Gasteiger charge is -2.04. The number of hydrogen-bond acceptors (Lipinski definition) is 2. The van der Waals surface area contributed by atoms with Crippen molar-refractivity contribution >= 4 is 22.9 Å². The van der Waals surface area contributed by atoms with Gasteiger partial charge in [0.1, 0.15) is 0 Å². The van der Waals surface area contributed by atoms with Gasteiger partial charge in [-0.25, -0.2) is 0 Å². The maximum atomic E-state index is 10.8. The zero-order valence-electron chi connectivity index (χ0n) is 20.8. The number of rotatable bonds is 7. The van der Waals surface area contributed by atoms with E-state index in [1.807, 2.05) is 32.9 Å². The topological polar surface area (TPSA) is 17.1 Å². The molecule has 1 aromatic carbocycles. The molecule has 0 heterocycles. The van der Waals surface area contributed by atoms with Crippen molar-refractivity contribution in [1.82, 2.24) is 0 Å². The maximum absolute atomic E-state index is 10.8. The molecule has 0 aliphatic heterocycles. The third-order valence-corrected chi connectivity index (χ3v) is 5.61. The predicted molar refractivity (Wildman–Crippen MR) is 143 cm³/mol. The molecule has 2 rings (SSSR count). The fraction of sp³-hybridized carbons (Fsp3) is 0.448. The Morgan fingerprint density at radius 1 is 1.19 bits per heavy atom. The molecule has 1 aliphatic rings. The molecule has 170 valence electrons. The van der Waals surface area contributed by atoms with Gasteiger partial charge in [0.25, 0.3) is 0 Å². The Labute approximate surface area is 197 Å². The van der Waals surface area contributed by atoms with Crippen LogP contribution in [-0.2, 0) is 11.2 Å². The Morgan fingerprint density at radius 3 is 2.26 bits per heavy atom. The first-order valence-corrected chi connectivity index (χ1v) is 11.7. The number of aryl methyl sites for hydroxylation is 1. The Bertz CT molecular complexity index is 823. The van der Waals surface area contributed by atoms with Crippen molar-refractivity contribution in [3.63, 3.8) is 0 Å². The second kappa shape index (κ2) is 15.7. The van der Waals surface area contributed by atoms with Gasteiger partial charge in [-0.05, 0) is 93.3 Å². The van der Waals surface area contributed by atoms with Gasteiger partial charge in [-0.1, -0.05) is 87.6 Å². The number of carbonyl (C=O) groups excluding carboxylic acids is 1. The van der Waals surface area contributed by atoms with E-state index in [1.54, 1.807) is 17.2 Å². The summed E-state index contributed by atoms with van der Waals surface area (Å²) in [6.45, 7) is 21.5. The van der Waals surface area contributed by atoms with Crippen molar-refractivity contribution in [3.05, 3.63) is 83.0 Å². The fourth-order valence-corrected chi connectivity index (χ4v) is 3.41. The van der Waals surface area contributed by atoms with Gasteiger partial charge in [0, 0.05) is 5.57 Å². The largest absolute Gasteiger partial charge is 0.295 e. The van der Waals surface area contributed by atoms with Crippen LogP contribution in [0.3, 0.4) is 0 Å². The average Bonchev–Trinajstić information content (AvgIpc) is 3.09. The molecule has 0 fully saturated rings. The molecule has 1 aliphatic carbocycles. The summed E-state index contributed by atoms with van der Waals surface area (Å²) in [6, 6.07) is 6.67. The van der Waals surface area contributed by atoms with Crippen LogP contribution in [0.25, 0.3) is 0 Å². The van der Waals surface area contributed by atoms with Crippen LogP contribution in [0.1, 0.15) is 89.8 Å². The lowest BCUT2D eigenvalue weighted by molar-refractivity contribution is -0.113. The number of thiocarbonyl (C=S) groups is 1. The SMILES string of the molecule is C=C(/C=C\C(=C/C)C(=C)C)C(C)=O.CCCCC(C)=S.Cc1cccc2c1CCC2C. The van der Waals surface area contributed by atoms with E-state index in [4.69, 9.17) is 12.2 Å². The van der Waals surface area contributed by atoms with Crippen molar-refractivity contribution in [2.45, 2.75) is 86.5 Å². The third kappa shape index (κ3) is 11.8. The van der Waals surface area contributed by atoms with Crippen molar-refractivity contribution in [3.8, 4) is 0 Å². The van der Waals surface area contributed by atoms with Gasteiger partial charge in [0.05, 0.1) is 0 Å². The molecule has 0 amide bonds. The van der Waals surface area contributed by atoms with Crippen molar-refractivity contribution in [2.75, 3.05) is 0 Å². The molecular formula is C29H42OS. The lowest BCUT2D eigenvalue weighted by atomic mass is 10.0. The molecule has 0 bridgehead atoms. The first kappa shape index (κ1) is 28.9. The van der Waals surface area contributed by atoms with Crippen LogP contribution >= 0.6 is 12.2 Å². The van der Waals surface area contributed by atoms with Crippen LogP contribution in [0, 0.1) is 6.92 Å². The third-order valence-electron chi connectivity index (χ3n) is 5.41. The van der Waals surface area contributed by atoms with E-state index in [0.29, 0.717) is 5.57 Å². The van der Waals surface area contributed by atoms with Crippen LogP contribution in [0.4, 0.5) is 0 Å². The van der Waals surface area contributed by atoms with Crippen molar-refractivity contribution in [2.24, 2.45) is 0 Å². The number of ketones is 1. The van der Waals surface area contributed by atoms with Crippen LogP contribution in [-0.4, -0.2) is 10.6 Å². The number of allylic oxidation sites excluding steroid dienone is 6. The molecule has 1 unspecified atom stereocenters. The summed E-state index contributed by atoms with van der Waals surface area (Å²) in [7, 11) is 0. The molecule has 0 radical (unpaired) electrons. The smallest absolute Gasteiger partial charge is 0.159 e. The number of benzene rings is 1. The van der Waals surface area contributed by atoms with Gasteiger partial charge in [-0.2, -0.15) is 0 Å². The summed E-state index contributed by atoms with van der Waals surface area (Å²) in [6.07, 6.45) is 11.8. The molecule has 0 N–H and O–H groups in total. The maximum Gasteiger partial charge on any atom is 0.159 e. The first-order chi connectivity index (χ1) is 14.5. The molecule has 1 aromatic rings. The standard InChI is InChI=1S/C12H16O.C11H14.C6H12S/c1-6-12(9(2)3)8-7-10(4)11(5)13;1-8-4-3-5-10-9(2)6-7-11(8)10;1-3-4-5-6(2)7/h6-8H,2,4H2,1,3,5H3;3-5,9H,6-7H2,1-2H3;3-5H2,1-2H3/b8-7-,12-6+;;. The van der Waals surface area contributed by atoms with E-state index in [1.165, 1.54) is 38.2 Å². The summed E-state index contributed by atoms with van der Waals surface area (Å²) >= 11 is 4.86.